The largest absolute Gasteiger partial charge is 0.358 e. The molecule has 0 radical (unpaired) electrons. The summed E-state index contributed by atoms with van der Waals surface area (Å²) < 4.78 is 0. The van der Waals surface area contributed by atoms with E-state index < -0.39 is 0 Å². The molecule has 2 rings (SSSR count). The fourth-order valence-electron chi connectivity index (χ4n) is 2.09. The summed E-state index contributed by atoms with van der Waals surface area (Å²) >= 11 is 11.3. The van der Waals surface area contributed by atoms with Crippen LogP contribution in [0.3, 0.4) is 0 Å². The van der Waals surface area contributed by atoms with Gasteiger partial charge in [0.25, 0.3) is 0 Å². The van der Waals surface area contributed by atoms with Gasteiger partial charge in [0.05, 0.1) is 0 Å². The van der Waals surface area contributed by atoms with Gasteiger partial charge in [-0.1, -0.05) is 35.3 Å². The molecule has 8 nitrogen and oxygen atoms in total. The number of aliphatic imine (C=N–C) groups is 2. The predicted octanol–water partition coefficient (Wildman–Crippen LogP) is 4.13. The minimum absolute atomic E-state index is 0.476. The molecule has 0 fully saturated rings. The van der Waals surface area contributed by atoms with Crippen LogP contribution in [0.15, 0.2) is 46.6 Å². The third-order valence-corrected chi connectivity index (χ3v) is 4.39. The number of hydrogen-bond acceptors (Lipinski definition) is 6. The normalized spacial score (nSPS) is 10.9. The van der Waals surface area contributed by atoms with E-state index in [-0.39, 0.29) is 0 Å². The SMILES string of the molecule is C/C(=N\C#N)N(C)Cc1ccc(Cl)nc1.C/C(=N\C#N)N(C)Cc1ccc(Cl)nc1. The average molecular weight is 445 g/mol. The minimum atomic E-state index is 0.476. The monoisotopic (exact) mass is 444 g/mol. The molecule has 156 valence electrons. The molecular formula is C20H22Cl2N8. The van der Waals surface area contributed by atoms with Crippen molar-refractivity contribution >= 4 is 34.9 Å². The Balaban J connectivity index is 0.000000300. The van der Waals surface area contributed by atoms with Gasteiger partial charge in [0.15, 0.2) is 0 Å². The molecule has 2 aromatic rings. The maximum Gasteiger partial charge on any atom is 0.207 e. The molecule has 0 bridgehead atoms. The van der Waals surface area contributed by atoms with Crippen molar-refractivity contribution in [1.29, 1.82) is 10.5 Å². The first-order chi connectivity index (χ1) is 14.3. The number of rotatable bonds is 4. The maximum absolute atomic E-state index is 8.39. The first kappa shape index (κ1) is 24.8. The molecule has 0 N–H and O–H groups in total. The molecule has 0 amide bonds. The Morgan fingerprint density at radius 2 is 1.20 bits per heavy atom. The number of amidine groups is 2. The Bertz CT molecular complexity index is 861. The quantitative estimate of drug-likeness (QED) is 0.303. The number of nitrogens with zero attached hydrogens (tertiary/aromatic N) is 8. The van der Waals surface area contributed by atoms with Crippen molar-refractivity contribution in [1.82, 2.24) is 19.8 Å². The van der Waals surface area contributed by atoms with Crippen LogP contribution in [0.5, 0.6) is 0 Å². The van der Waals surface area contributed by atoms with E-state index in [4.69, 9.17) is 33.7 Å². The van der Waals surface area contributed by atoms with Crippen LogP contribution in [0.2, 0.25) is 10.3 Å². The average Bonchev–Trinajstić information content (AvgIpc) is 2.72. The van der Waals surface area contributed by atoms with E-state index in [1.807, 2.05) is 36.0 Å². The lowest BCUT2D eigenvalue weighted by Crippen LogP contribution is -2.23. The van der Waals surface area contributed by atoms with Gasteiger partial charge in [0.1, 0.15) is 22.0 Å². The summed E-state index contributed by atoms with van der Waals surface area (Å²) in [7, 11) is 3.73. The van der Waals surface area contributed by atoms with E-state index in [0.717, 1.165) is 11.1 Å². The molecule has 0 saturated heterocycles. The second kappa shape index (κ2) is 13.1. The number of halogens is 2. The van der Waals surface area contributed by atoms with E-state index >= 15 is 0 Å². The number of aromatic nitrogens is 2. The van der Waals surface area contributed by atoms with Crippen LogP contribution < -0.4 is 0 Å². The molecule has 0 atom stereocenters. The van der Waals surface area contributed by atoms with Crippen molar-refractivity contribution in [2.75, 3.05) is 14.1 Å². The standard InChI is InChI=1S/2C10H11ClN4/c2*1-8(14-7-12)15(2)6-9-3-4-10(11)13-5-9/h2*3-5H,6H2,1-2H3/b2*14-8+. The van der Waals surface area contributed by atoms with Gasteiger partial charge in [0, 0.05) is 39.6 Å². The Labute approximate surface area is 186 Å². The predicted molar refractivity (Wildman–Crippen MR) is 119 cm³/mol. The molecule has 30 heavy (non-hydrogen) atoms. The van der Waals surface area contributed by atoms with E-state index in [2.05, 4.69) is 20.0 Å². The van der Waals surface area contributed by atoms with Crippen molar-refractivity contribution in [2.45, 2.75) is 26.9 Å². The molecule has 0 aromatic carbocycles. The van der Waals surface area contributed by atoms with Crippen LogP contribution in [-0.4, -0.2) is 45.5 Å². The van der Waals surface area contributed by atoms with Crippen LogP contribution in [0.25, 0.3) is 0 Å². The molecule has 2 heterocycles. The highest BCUT2D eigenvalue weighted by molar-refractivity contribution is 6.29. The molecule has 10 heteroatoms. The zero-order chi connectivity index (χ0) is 22.5. The fourth-order valence-corrected chi connectivity index (χ4v) is 2.32. The van der Waals surface area contributed by atoms with Gasteiger partial charge in [-0.3, -0.25) is 0 Å². The highest BCUT2D eigenvalue weighted by Crippen LogP contribution is 2.08. The highest BCUT2D eigenvalue weighted by Gasteiger charge is 2.03. The summed E-state index contributed by atoms with van der Waals surface area (Å²) in [6.45, 7) is 4.88. The van der Waals surface area contributed by atoms with Crippen molar-refractivity contribution < 1.29 is 0 Å². The smallest absolute Gasteiger partial charge is 0.207 e. The third kappa shape index (κ3) is 9.33. The van der Waals surface area contributed by atoms with E-state index in [1.54, 1.807) is 50.8 Å². The molecule has 0 aliphatic heterocycles. The number of hydrogen-bond donors (Lipinski definition) is 0. The van der Waals surface area contributed by atoms with Crippen molar-refractivity contribution in [3.8, 4) is 12.4 Å². The zero-order valence-electron chi connectivity index (χ0n) is 17.2. The van der Waals surface area contributed by atoms with Gasteiger partial charge in [0.2, 0.25) is 12.4 Å². The van der Waals surface area contributed by atoms with Gasteiger partial charge in [-0.2, -0.15) is 20.5 Å². The Kier molecular flexibility index (Phi) is 10.8. The van der Waals surface area contributed by atoms with Crippen LogP contribution in [0.1, 0.15) is 25.0 Å². The zero-order valence-corrected chi connectivity index (χ0v) is 18.7. The maximum atomic E-state index is 8.39. The summed E-state index contributed by atoms with van der Waals surface area (Å²) in [6, 6.07) is 7.26. The van der Waals surface area contributed by atoms with Gasteiger partial charge in [-0.15, -0.1) is 0 Å². The van der Waals surface area contributed by atoms with Crippen molar-refractivity contribution in [2.24, 2.45) is 9.98 Å². The fraction of sp³-hybridized carbons (Fsp3) is 0.300. The topological polar surface area (TPSA) is 105 Å². The second-order valence-electron chi connectivity index (χ2n) is 6.21. The summed E-state index contributed by atoms with van der Waals surface area (Å²) in [5.41, 5.74) is 2.05. The van der Waals surface area contributed by atoms with Gasteiger partial charge in [-0.25, -0.2) is 9.97 Å². The van der Waals surface area contributed by atoms with E-state index in [1.165, 1.54) is 0 Å². The van der Waals surface area contributed by atoms with Crippen LogP contribution in [-0.2, 0) is 13.1 Å². The van der Waals surface area contributed by atoms with Gasteiger partial charge >= 0.3 is 0 Å². The second-order valence-corrected chi connectivity index (χ2v) is 6.98. The van der Waals surface area contributed by atoms with Crippen LogP contribution in [0.4, 0.5) is 0 Å². The van der Waals surface area contributed by atoms with E-state index in [0.29, 0.717) is 35.1 Å². The molecule has 0 spiro atoms. The lowest BCUT2D eigenvalue weighted by molar-refractivity contribution is 0.497. The Morgan fingerprint density at radius 3 is 1.47 bits per heavy atom. The van der Waals surface area contributed by atoms with Gasteiger partial charge < -0.3 is 9.80 Å². The molecule has 0 aliphatic carbocycles. The number of pyridine rings is 2. The Morgan fingerprint density at radius 1 is 0.833 bits per heavy atom. The molecular weight excluding hydrogens is 423 g/mol. The summed E-state index contributed by atoms with van der Waals surface area (Å²) in [6.07, 6.45) is 6.92. The van der Waals surface area contributed by atoms with Gasteiger partial charge in [-0.05, 0) is 37.1 Å². The Hall–Kier alpha value is -3.20. The van der Waals surface area contributed by atoms with Crippen LogP contribution >= 0.6 is 23.2 Å². The molecule has 0 aliphatic rings. The lowest BCUT2D eigenvalue weighted by Gasteiger charge is -2.17. The van der Waals surface area contributed by atoms with Crippen LogP contribution in [0, 0.1) is 22.9 Å². The summed E-state index contributed by atoms with van der Waals surface area (Å²) in [5.74, 6) is 1.35. The molecule has 0 saturated carbocycles. The highest BCUT2D eigenvalue weighted by atomic mass is 35.5. The first-order valence-electron chi connectivity index (χ1n) is 8.76. The molecule has 2 aromatic heterocycles. The minimum Gasteiger partial charge on any atom is -0.358 e. The summed E-state index contributed by atoms with van der Waals surface area (Å²) in [4.78, 5) is 19.0. The number of nitriles is 2. The molecule has 0 unspecified atom stereocenters. The first-order valence-corrected chi connectivity index (χ1v) is 9.52. The third-order valence-electron chi connectivity index (χ3n) is 3.95. The van der Waals surface area contributed by atoms with E-state index in [9.17, 15) is 0 Å². The summed E-state index contributed by atoms with van der Waals surface area (Å²) in [5, 5.41) is 17.7. The lowest BCUT2D eigenvalue weighted by atomic mass is 10.3. The van der Waals surface area contributed by atoms with Crippen molar-refractivity contribution in [3.63, 3.8) is 0 Å². The van der Waals surface area contributed by atoms with Crippen molar-refractivity contribution in [3.05, 3.63) is 58.1 Å².